The topological polar surface area (TPSA) is 175 Å². The first-order chi connectivity index (χ1) is 15.5. The Morgan fingerprint density at radius 3 is 2.70 bits per heavy atom. The number of aliphatic carboxylic acids is 1. The smallest absolute Gasteiger partial charge is 0.413 e. The summed E-state index contributed by atoms with van der Waals surface area (Å²) in [6, 6.07) is -1.64. The minimum atomic E-state index is -1.48. The van der Waals surface area contributed by atoms with Crippen molar-refractivity contribution in [3.63, 3.8) is 0 Å². The second-order valence-corrected chi connectivity index (χ2v) is 8.45. The van der Waals surface area contributed by atoms with Crippen molar-refractivity contribution < 1.29 is 33.8 Å². The van der Waals surface area contributed by atoms with Gasteiger partial charge in [0.15, 0.2) is 10.8 Å². The molecule has 15 heteroatoms. The second kappa shape index (κ2) is 9.64. The number of aromatic nitrogens is 1. The SMILES string of the molecule is CC(C)(C)OC(=O)Nc1nc(C(=NNC(=O)N2CCN(N=C3CC=CO3)C2=O)C(=O)O)cs1. The highest BCUT2D eigenvalue weighted by Gasteiger charge is 2.34. The monoisotopic (exact) mass is 479 g/mol. The van der Waals surface area contributed by atoms with Crippen LogP contribution in [0.3, 0.4) is 0 Å². The van der Waals surface area contributed by atoms with Crippen LogP contribution in [0.1, 0.15) is 32.9 Å². The summed E-state index contributed by atoms with van der Waals surface area (Å²) in [5.41, 5.74) is 0.615. The fraction of sp³-hybridized carbons (Fsp3) is 0.389. The molecule has 1 fully saturated rings. The molecule has 3 N–H and O–H groups in total. The van der Waals surface area contributed by atoms with E-state index in [-0.39, 0.29) is 23.9 Å². The van der Waals surface area contributed by atoms with Crippen LogP contribution in [0.25, 0.3) is 0 Å². The van der Waals surface area contributed by atoms with Crippen molar-refractivity contribution in [1.29, 1.82) is 0 Å². The zero-order chi connectivity index (χ0) is 24.2. The predicted octanol–water partition coefficient (Wildman–Crippen LogP) is 1.97. The van der Waals surface area contributed by atoms with Gasteiger partial charge in [0.1, 0.15) is 11.3 Å². The van der Waals surface area contributed by atoms with Crippen LogP contribution in [0.5, 0.6) is 0 Å². The molecule has 176 valence electrons. The quantitative estimate of drug-likeness (QED) is 0.424. The third kappa shape index (κ3) is 6.25. The number of carboxylic acids is 1. The van der Waals surface area contributed by atoms with E-state index in [9.17, 15) is 24.3 Å². The normalized spacial score (nSPS) is 17.4. The number of imide groups is 1. The maximum Gasteiger partial charge on any atom is 0.413 e. The number of amides is 5. The number of carbonyl (C=O) groups is 4. The van der Waals surface area contributed by atoms with Crippen molar-refractivity contribution in [3.05, 3.63) is 23.4 Å². The molecule has 0 spiro atoms. The van der Waals surface area contributed by atoms with Crippen molar-refractivity contribution in [1.82, 2.24) is 20.3 Å². The molecule has 1 aromatic heterocycles. The Labute approximate surface area is 191 Å². The number of carboxylic acid groups (broad SMARTS) is 1. The standard InChI is InChI=1S/C18H21N7O7S/c1-18(2,3)32-16(29)20-14-19-10(9-33-14)12(13(26)27)21-22-15(28)24-6-7-25(17(24)30)23-11-5-4-8-31-11/h4,8-9H,5-7H2,1-3H3,(H,22,28)(H,26,27)(H,19,20,29). The number of nitrogens with zero attached hydrogens (tertiary/aromatic N) is 5. The zero-order valence-corrected chi connectivity index (χ0v) is 18.7. The van der Waals surface area contributed by atoms with E-state index in [1.807, 2.05) is 5.43 Å². The van der Waals surface area contributed by atoms with Crippen LogP contribution in [-0.2, 0) is 14.3 Å². The van der Waals surface area contributed by atoms with E-state index in [4.69, 9.17) is 9.47 Å². The summed E-state index contributed by atoms with van der Waals surface area (Å²) in [6.07, 6.45) is 2.84. The van der Waals surface area contributed by atoms with E-state index in [0.29, 0.717) is 12.3 Å². The summed E-state index contributed by atoms with van der Waals surface area (Å²) < 4.78 is 10.2. The number of carbonyl (C=O) groups excluding carboxylic acids is 3. The summed E-state index contributed by atoms with van der Waals surface area (Å²) in [5, 5.41) is 21.9. The lowest BCUT2D eigenvalue weighted by Gasteiger charge is -2.18. The van der Waals surface area contributed by atoms with E-state index in [1.54, 1.807) is 26.8 Å². The van der Waals surface area contributed by atoms with E-state index < -0.39 is 35.4 Å². The van der Waals surface area contributed by atoms with Gasteiger partial charge >= 0.3 is 24.1 Å². The molecule has 0 radical (unpaired) electrons. The third-order valence-corrected chi connectivity index (χ3v) is 4.64. The number of anilines is 1. The number of ether oxygens (including phenoxy) is 2. The van der Waals surface area contributed by atoms with Gasteiger partial charge in [0, 0.05) is 11.8 Å². The van der Waals surface area contributed by atoms with Gasteiger partial charge in [-0.05, 0) is 26.8 Å². The minimum absolute atomic E-state index is 0.0213. The van der Waals surface area contributed by atoms with Crippen molar-refractivity contribution in [3.8, 4) is 0 Å². The van der Waals surface area contributed by atoms with Crippen LogP contribution in [0.4, 0.5) is 19.5 Å². The predicted molar refractivity (Wildman–Crippen MR) is 116 cm³/mol. The van der Waals surface area contributed by atoms with E-state index in [2.05, 4.69) is 20.5 Å². The van der Waals surface area contributed by atoms with Gasteiger partial charge in [-0.15, -0.1) is 16.4 Å². The Bertz CT molecular complexity index is 1050. The van der Waals surface area contributed by atoms with Gasteiger partial charge in [-0.2, -0.15) is 5.10 Å². The molecular formula is C18H21N7O7S. The summed E-state index contributed by atoms with van der Waals surface area (Å²) in [4.78, 5) is 53.0. The lowest BCUT2D eigenvalue weighted by Crippen LogP contribution is -2.41. The number of rotatable bonds is 5. The Morgan fingerprint density at radius 1 is 1.30 bits per heavy atom. The maximum absolute atomic E-state index is 12.4. The molecule has 3 rings (SSSR count). The number of hydrogen-bond acceptors (Lipinski definition) is 10. The molecule has 2 aliphatic rings. The van der Waals surface area contributed by atoms with Crippen LogP contribution >= 0.6 is 11.3 Å². The first kappa shape index (κ1) is 23.6. The van der Waals surface area contributed by atoms with Crippen molar-refractivity contribution in [2.75, 3.05) is 18.4 Å². The molecule has 14 nitrogen and oxygen atoms in total. The Balaban J connectivity index is 1.63. The van der Waals surface area contributed by atoms with Crippen molar-refractivity contribution in [2.45, 2.75) is 32.8 Å². The summed E-state index contributed by atoms with van der Waals surface area (Å²) in [6.45, 7) is 5.23. The molecule has 0 unspecified atom stereocenters. The summed E-state index contributed by atoms with van der Waals surface area (Å²) in [7, 11) is 0. The van der Waals surface area contributed by atoms with Crippen LogP contribution in [0.15, 0.2) is 27.9 Å². The Kier molecular flexibility index (Phi) is 6.91. The Hall–Kier alpha value is -4.01. The first-order valence-electron chi connectivity index (χ1n) is 9.58. The molecule has 5 amide bonds. The van der Waals surface area contributed by atoms with Gasteiger partial charge in [0.25, 0.3) is 0 Å². The maximum atomic E-state index is 12.4. The van der Waals surface area contributed by atoms with Crippen LogP contribution < -0.4 is 10.7 Å². The Morgan fingerprint density at radius 2 is 2.06 bits per heavy atom. The van der Waals surface area contributed by atoms with E-state index >= 15 is 0 Å². The molecule has 1 aromatic rings. The third-order valence-electron chi connectivity index (χ3n) is 3.88. The van der Waals surface area contributed by atoms with Crippen LogP contribution in [0, 0.1) is 0 Å². The highest BCUT2D eigenvalue weighted by molar-refractivity contribution is 7.14. The van der Waals surface area contributed by atoms with Crippen molar-refractivity contribution >= 4 is 52.2 Å². The second-order valence-electron chi connectivity index (χ2n) is 7.59. The zero-order valence-electron chi connectivity index (χ0n) is 17.9. The first-order valence-corrected chi connectivity index (χ1v) is 10.5. The van der Waals surface area contributed by atoms with Gasteiger partial charge in [-0.3, -0.25) is 5.32 Å². The highest BCUT2D eigenvalue weighted by Crippen LogP contribution is 2.18. The largest absolute Gasteiger partial charge is 0.476 e. The van der Waals surface area contributed by atoms with Crippen LogP contribution in [-0.4, -0.2) is 74.4 Å². The molecule has 0 aliphatic carbocycles. The van der Waals surface area contributed by atoms with E-state index in [1.165, 1.54) is 11.6 Å². The molecule has 0 saturated carbocycles. The molecular weight excluding hydrogens is 458 g/mol. The number of thiazole rings is 1. The fourth-order valence-electron chi connectivity index (χ4n) is 2.54. The highest BCUT2D eigenvalue weighted by atomic mass is 32.1. The minimum Gasteiger partial charge on any atom is -0.476 e. The average Bonchev–Trinajstić information content (AvgIpc) is 3.44. The molecule has 2 aliphatic heterocycles. The molecule has 0 atom stereocenters. The molecule has 3 heterocycles. The summed E-state index contributed by atoms with van der Waals surface area (Å²) >= 11 is 0.942. The molecule has 0 aromatic carbocycles. The van der Waals surface area contributed by atoms with Gasteiger partial charge in [-0.25, -0.2) is 39.5 Å². The van der Waals surface area contributed by atoms with Gasteiger partial charge < -0.3 is 14.6 Å². The van der Waals surface area contributed by atoms with Gasteiger partial charge in [0.05, 0.1) is 19.4 Å². The lowest BCUT2D eigenvalue weighted by atomic mass is 10.2. The number of hydrogen-bond donors (Lipinski definition) is 3. The summed E-state index contributed by atoms with van der Waals surface area (Å²) in [5.74, 6) is -1.16. The number of hydrazone groups is 2. The van der Waals surface area contributed by atoms with Gasteiger partial charge in [-0.1, -0.05) is 0 Å². The van der Waals surface area contributed by atoms with E-state index in [0.717, 1.165) is 21.2 Å². The van der Waals surface area contributed by atoms with Crippen molar-refractivity contribution in [2.24, 2.45) is 10.2 Å². The average molecular weight is 479 g/mol. The molecule has 1 saturated heterocycles. The molecule has 33 heavy (non-hydrogen) atoms. The fourth-order valence-corrected chi connectivity index (χ4v) is 3.22. The lowest BCUT2D eigenvalue weighted by molar-refractivity contribution is -0.129. The number of urea groups is 2. The van der Waals surface area contributed by atoms with Crippen LogP contribution in [0.2, 0.25) is 0 Å². The van der Waals surface area contributed by atoms with Gasteiger partial charge in [0.2, 0.25) is 5.90 Å². The molecule has 0 bridgehead atoms. The number of nitrogens with one attached hydrogen (secondary N) is 2.